The second-order valence-corrected chi connectivity index (χ2v) is 6.25. The Balaban J connectivity index is 2.19. The molecule has 21 heavy (non-hydrogen) atoms. The summed E-state index contributed by atoms with van der Waals surface area (Å²) in [6, 6.07) is 13.5. The standard InChI is InChI=1S/C15H18N2O3S/c1-2-17-21(19,20)15-6-4-3-5-14(15)16-11-12-7-9-13(18)10-8-12/h3-10,16-18H,2,11H2,1H3. The van der Waals surface area contributed by atoms with Gasteiger partial charge in [-0.3, -0.25) is 0 Å². The predicted octanol–water partition coefficient (Wildman–Crippen LogP) is 2.30. The Morgan fingerprint density at radius 1 is 1.05 bits per heavy atom. The molecule has 0 aliphatic rings. The lowest BCUT2D eigenvalue weighted by Gasteiger charge is -2.12. The van der Waals surface area contributed by atoms with E-state index in [0.717, 1.165) is 5.56 Å². The largest absolute Gasteiger partial charge is 0.508 e. The first-order valence-electron chi connectivity index (χ1n) is 6.63. The van der Waals surface area contributed by atoms with E-state index in [-0.39, 0.29) is 10.6 Å². The van der Waals surface area contributed by atoms with E-state index in [9.17, 15) is 13.5 Å². The molecular weight excluding hydrogens is 288 g/mol. The smallest absolute Gasteiger partial charge is 0.242 e. The van der Waals surface area contributed by atoms with Crippen molar-refractivity contribution in [2.24, 2.45) is 0 Å². The molecule has 0 spiro atoms. The van der Waals surface area contributed by atoms with Gasteiger partial charge in [-0.1, -0.05) is 31.2 Å². The molecule has 0 aliphatic heterocycles. The van der Waals surface area contributed by atoms with Gasteiger partial charge in [0.1, 0.15) is 10.6 Å². The van der Waals surface area contributed by atoms with E-state index in [1.54, 1.807) is 55.5 Å². The first kappa shape index (κ1) is 15.3. The molecule has 0 saturated heterocycles. The molecule has 0 bridgehead atoms. The summed E-state index contributed by atoms with van der Waals surface area (Å²) in [7, 11) is -3.50. The lowest BCUT2D eigenvalue weighted by Crippen LogP contribution is -2.24. The van der Waals surface area contributed by atoms with E-state index in [4.69, 9.17) is 0 Å². The molecule has 112 valence electrons. The highest BCUT2D eigenvalue weighted by Crippen LogP contribution is 2.21. The summed E-state index contributed by atoms with van der Waals surface area (Å²) in [5.41, 5.74) is 1.50. The SMILES string of the molecule is CCNS(=O)(=O)c1ccccc1NCc1ccc(O)cc1. The van der Waals surface area contributed by atoms with Crippen LogP contribution in [0.2, 0.25) is 0 Å². The number of anilines is 1. The van der Waals surface area contributed by atoms with Crippen LogP contribution in [-0.2, 0) is 16.6 Å². The molecule has 0 amide bonds. The Morgan fingerprint density at radius 2 is 1.71 bits per heavy atom. The fraction of sp³-hybridized carbons (Fsp3) is 0.200. The summed E-state index contributed by atoms with van der Waals surface area (Å²) in [6.45, 7) is 2.55. The van der Waals surface area contributed by atoms with Gasteiger partial charge in [-0.25, -0.2) is 13.1 Å². The molecule has 0 fully saturated rings. The molecule has 0 saturated carbocycles. The van der Waals surface area contributed by atoms with Gasteiger partial charge in [0.25, 0.3) is 0 Å². The van der Waals surface area contributed by atoms with E-state index in [0.29, 0.717) is 18.8 Å². The first-order valence-corrected chi connectivity index (χ1v) is 8.11. The molecule has 2 aromatic rings. The van der Waals surface area contributed by atoms with Crippen molar-refractivity contribution in [1.29, 1.82) is 0 Å². The van der Waals surface area contributed by atoms with E-state index in [2.05, 4.69) is 10.0 Å². The van der Waals surface area contributed by atoms with Crippen LogP contribution in [0.25, 0.3) is 0 Å². The van der Waals surface area contributed by atoms with Gasteiger partial charge in [0.2, 0.25) is 10.0 Å². The van der Waals surface area contributed by atoms with Gasteiger partial charge in [-0.05, 0) is 29.8 Å². The van der Waals surface area contributed by atoms with Crippen molar-refractivity contribution in [3.8, 4) is 5.75 Å². The summed E-state index contributed by atoms with van der Waals surface area (Å²) >= 11 is 0. The Hall–Kier alpha value is -2.05. The highest BCUT2D eigenvalue weighted by Gasteiger charge is 2.16. The fourth-order valence-corrected chi connectivity index (χ4v) is 3.15. The number of hydrogen-bond acceptors (Lipinski definition) is 4. The number of sulfonamides is 1. The molecule has 0 aliphatic carbocycles. The minimum atomic E-state index is -3.50. The lowest BCUT2D eigenvalue weighted by molar-refractivity contribution is 0.475. The topological polar surface area (TPSA) is 78.4 Å². The molecule has 2 aromatic carbocycles. The van der Waals surface area contributed by atoms with Crippen LogP contribution in [0.4, 0.5) is 5.69 Å². The quantitative estimate of drug-likeness (QED) is 0.765. The number of para-hydroxylation sites is 1. The molecule has 2 rings (SSSR count). The average Bonchev–Trinajstić information content (AvgIpc) is 2.47. The summed E-state index contributed by atoms with van der Waals surface area (Å²) in [4.78, 5) is 0.227. The third kappa shape index (κ3) is 3.96. The van der Waals surface area contributed by atoms with Gasteiger partial charge in [-0.15, -0.1) is 0 Å². The Bertz CT molecular complexity index is 697. The second kappa shape index (κ2) is 6.60. The molecule has 0 aromatic heterocycles. The molecule has 5 nitrogen and oxygen atoms in total. The van der Waals surface area contributed by atoms with Gasteiger partial charge in [0, 0.05) is 13.1 Å². The number of nitrogens with one attached hydrogen (secondary N) is 2. The van der Waals surface area contributed by atoms with Gasteiger partial charge in [-0.2, -0.15) is 0 Å². The minimum absolute atomic E-state index is 0.203. The average molecular weight is 306 g/mol. The Labute approximate surface area is 124 Å². The maximum absolute atomic E-state index is 12.1. The van der Waals surface area contributed by atoms with Crippen LogP contribution in [-0.4, -0.2) is 20.1 Å². The van der Waals surface area contributed by atoms with E-state index >= 15 is 0 Å². The van der Waals surface area contributed by atoms with Crippen LogP contribution in [0.3, 0.4) is 0 Å². The van der Waals surface area contributed by atoms with Crippen LogP contribution >= 0.6 is 0 Å². The molecule has 6 heteroatoms. The van der Waals surface area contributed by atoms with Crippen molar-refractivity contribution >= 4 is 15.7 Å². The van der Waals surface area contributed by atoms with Gasteiger partial charge < -0.3 is 10.4 Å². The van der Waals surface area contributed by atoms with Crippen LogP contribution in [0.5, 0.6) is 5.75 Å². The second-order valence-electron chi connectivity index (χ2n) is 4.52. The van der Waals surface area contributed by atoms with Gasteiger partial charge in [0.05, 0.1) is 5.69 Å². The molecule has 0 heterocycles. The normalized spacial score (nSPS) is 11.3. The van der Waals surface area contributed by atoms with Gasteiger partial charge >= 0.3 is 0 Å². The number of benzene rings is 2. The minimum Gasteiger partial charge on any atom is -0.508 e. The number of phenols is 1. The van der Waals surface area contributed by atoms with E-state index in [1.807, 2.05) is 0 Å². The Kier molecular flexibility index (Phi) is 4.82. The van der Waals surface area contributed by atoms with Crippen molar-refractivity contribution in [2.75, 3.05) is 11.9 Å². The zero-order valence-corrected chi connectivity index (χ0v) is 12.5. The number of phenolic OH excluding ortho intramolecular Hbond substituents is 1. The van der Waals surface area contributed by atoms with Crippen LogP contribution < -0.4 is 10.0 Å². The van der Waals surface area contributed by atoms with Crippen molar-refractivity contribution in [3.05, 3.63) is 54.1 Å². The molecule has 0 radical (unpaired) electrons. The van der Waals surface area contributed by atoms with Gasteiger partial charge in [0.15, 0.2) is 0 Å². The maximum Gasteiger partial charge on any atom is 0.242 e. The van der Waals surface area contributed by atoms with E-state index in [1.165, 1.54) is 0 Å². The summed E-state index contributed by atoms with van der Waals surface area (Å²) in [5, 5.41) is 12.4. The molecular formula is C15H18N2O3S. The van der Waals surface area contributed by atoms with Crippen molar-refractivity contribution in [1.82, 2.24) is 4.72 Å². The summed E-state index contributed by atoms with van der Waals surface area (Å²) < 4.78 is 26.7. The van der Waals surface area contributed by atoms with Crippen molar-refractivity contribution < 1.29 is 13.5 Å². The monoisotopic (exact) mass is 306 g/mol. The summed E-state index contributed by atoms with van der Waals surface area (Å²) in [5.74, 6) is 0.203. The zero-order valence-electron chi connectivity index (χ0n) is 11.7. The molecule has 3 N–H and O–H groups in total. The predicted molar refractivity (Wildman–Crippen MR) is 82.7 cm³/mol. The van der Waals surface area contributed by atoms with Crippen LogP contribution in [0.15, 0.2) is 53.4 Å². The highest BCUT2D eigenvalue weighted by atomic mass is 32.2. The molecule has 0 unspecified atom stereocenters. The van der Waals surface area contributed by atoms with Crippen LogP contribution in [0, 0.1) is 0 Å². The highest BCUT2D eigenvalue weighted by molar-refractivity contribution is 7.89. The fourth-order valence-electron chi connectivity index (χ4n) is 1.93. The summed E-state index contributed by atoms with van der Waals surface area (Å²) in [6.07, 6.45) is 0. The number of rotatable bonds is 6. The maximum atomic E-state index is 12.1. The Morgan fingerprint density at radius 3 is 2.38 bits per heavy atom. The number of hydrogen-bond donors (Lipinski definition) is 3. The van der Waals surface area contributed by atoms with Crippen LogP contribution in [0.1, 0.15) is 12.5 Å². The van der Waals surface area contributed by atoms with Crippen molar-refractivity contribution in [3.63, 3.8) is 0 Å². The lowest BCUT2D eigenvalue weighted by atomic mass is 10.2. The van der Waals surface area contributed by atoms with Crippen molar-refractivity contribution in [2.45, 2.75) is 18.4 Å². The van der Waals surface area contributed by atoms with E-state index < -0.39 is 10.0 Å². The number of aromatic hydroxyl groups is 1. The third-order valence-corrected chi connectivity index (χ3v) is 4.53. The third-order valence-electron chi connectivity index (χ3n) is 2.93. The zero-order chi connectivity index (χ0) is 15.3. The first-order chi connectivity index (χ1) is 10.0. The molecule has 0 atom stereocenters.